The van der Waals surface area contributed by atoms with Gasteiger partial charge in [0.15, 0.2) is 23.0 Å². The van der Waals surface area contributed by atoms with Gasteiger partial charge in [-0.15, -0.1) is 0 Å². The molecule has 3 aromatic rings. The Hall–Kier alpha value is -3.14. The fourth-order valence-corrected chi connectivity index (χ4v) is 5.03. The molecule has 0 heterocycles. The molecule has 4 heteroatoms. The van der Waals surface area contributed by atoms with Crippen LogP contribution >= 0.6 is 0 Å². The van der Waals surface area contributed by atoms with Crippen LogP contribution in [0.5, 0.6) is 23.0 Å². The molecule has 0 amide bonds. The van der Waals surface area contributed by atoms with Crippen LogP contribution in [0.1, 0.15) is 47.2 Å². The van der Waals surface area contributed by atoms with Crippen molar-refractivity contribution in [3.8, 4) is 23.0 Å². The van der Waals surface area contributed by atoms with Gasteiger partial charge in [0.25, 0.3) is 0 Å². The SMILES string of the molecule is CC12c3ccccc3C(C)(c3cc(O)c(O)cc31)c1cc(O)c(O)cc12. The Morgan fingerprint density at radius 3 is 1.04 bits per heavy atom. The summed E-state index contributed by atoms with van der Waals surface area (Å²) in [5, 5.41) is 40.6. The van der Waals surface area contributed by atoms with Crippen LogP contribution in [0.3, 0.4) is 0 Å². The molecule has 0 spiro atoms. The van der Waals surface area contributed by atoms with Crippen LogP contribution in [0.15, 0.2) is 48.5 Å². The number of phenolic OH excluding ortho intramolecular Hbond substituents is 4. The van der Waals surface area contributed by atoms with Gasteiger partial charge in [0.05, 0.1) is 0 Å². The zero-order chi connectivity index (χ0) is 18.4. The van der Waals surface area contributed by atoms with Crippen molar-refractivity contribution in [1.82, 2.24) is 0 Å². The molecule has 4 N–H and O–H groups in total. The summed E-state index contributed by atoms with van der Waals surface area (Å²) in [5.41, 5.74) is 4.54. The number of hydrogen-bond donors (Lipinski definition) is 4. The third kappa shape index (κ3) is 1.43. The molecule has 26 heavy (non-hydrogen) atoms. The minimum Gasteiger partial charge on any atom is -0.504 e. The Kier molecular flexibility index (Phi) is 2.52. The van der Waals surface area contributed by atoms with Crippen molar-refractivity contribution >= 4 is 0 Å². The van der Waals surface area contributed by atoms with E-state index in [-0.39, 0.29) is 23.0 Å². The van der Waals surface area contributed by atoms with Gasteiger partial charge in [-0.05, 0) is 71.5 Å². The van der Waals surface area contributed by atoms with Gasteiger partial charge >= 0.3 is 0 Å². The van der Waals surface area contributed by atoms with E-state index in [0.29, 0.717) is 0 Å². The number of phenols is 4. The highest BCUT2D eigenvalue weighted by atomic mass is 16.3. The molecule has 3 aromatic carbocycles. The molecule has 0 saturated carbocycles. The second-order valence-corrected chi connectivity index (χ2v) is 7.57. The molecule has 0 fully saturated rings. The van der Waals surface area contributed by atoms with Gasteiger partial charge in [0, 0.05) is 10.8 Å². The van der Waals surface area contributed by atoms with Gasteiger partial charge in [0.1, 0.15) is 0 Å². The zero-order valence-electron chi connectivity index (χ0n) is 14.4. The maximum atomic E-state index is 10.2. The summed E-state index contributed by atoms with van der Waals surface area (Å²) >= 11 is 0. The summed E-state index contributed by atoms with van der Waals surface area (Å²) in [6, 6.07) is 14.6. The Morgan fingerprint density at radius 1 is 0.500 bits per heavy atom. The summed E-state index contributed by atoms with van der Waals surface area (Å²) in [6.07, 6.45) is 0. The minimum absolute atomic E-state index is 0.164. The third-order valence-electron chi connectivity index (χ3n) is 6.39. The lowest BCUT2D eigenvalue weighted by molar-refractivity contribution is 0.390. The molecule has 0 aliphatic heterocycles. The molecule has 0 aromatic heterocycles. The highest BCUT2D eigenvalue weighted by Gasteiger charge is 2.55. The van der Waals surface area contributed by atoms with Crippen molar-refractivity contribution in [3.63, 3.8) is 0 Å². The molecule has 4 nitrogen and oxygen atoms in total. The topological polar surface area (TPSA) is 80.9 Å². The van der Waals surface area contributed by atoms with Crippen LogP contribution in [0.2, 0.25) is 0 Å². The Morgan fingerprint density at radius 2 is 0.769 bits per heavy atom. The molecule has 0 unspecified atom stereocenters. The normalized spacial score (nSPS) is 24.7. The number of rotatable bonds is 0. The first-order valence-electron chi connectivity index (χ1n) is 8.53. The molecular weight excluding hydrogens is 328 g/mol. The average molecular weight is 346 g/mol. The molecule has 3 aliphatic rings. The van der Waals surface area contributed by atoms with Crippen LogP contribution in [0.25, 0.3) is 0 Å². The molecule has 0 saturated heterocycles. The van der Waals surface area contributed by atoms with Crippen LogP contribution in [-0.2, 0) is 10.8 Å². The third-order valence-corrected chi connectivity index (χ3v) is 6.39. The quantitative estimate of drug-likeness (QED) is 0.466. The van der Waals surface area contributed by atoms with Gasteiger partial charge in [-0.1, -0.05) is 24.3 Å². The first-order valence-corrected chi connectivity index (χ1v) is 8.53. The molecule has 0 radical (unpaired) electrons. The second-order valence-electron chi connectivity index (χ2n) is 7.57. The van der Waals surface area contributed by atoms with Crippen LogP contribution in [-0.4, -0.2) is 20.4 Å². The summed E-state index contributed by atoms with van der Waals surface area (Å²) in [4.78, 5) is 0. The summed E-state index contributed by atoms with van der Waals surface area (Å²) < 4.78 is 0. The maximum absolute atomic E-state index is 10.2. The van der Waals surface area contributed by atoms with E-state index in [4.69, 9.17) is 0 Å². The number of benzene rings is 3. The molecule has 0 atom stereocenters. The minimum atomic E-state index is -0.616. The highest BCUT2D eigenvalue weighted by molar-refractivity contribution is 5.77. The lowest BCUT2D eigenvalue weighted by Crippen LogP contribution is -2.48. The van der Waals surface area contributed by atoms with Gasteiger partial charge in [-0.2, -0.15) is 0 Å². The van der Waals surface area contributed by atoms with Crippen LogP contribution in [0.4, 0.5) is 0 Å². The van der Waals surface area contributed by atoms with Gasteiger partial charge in [-0.25, -0.2) is 0 Å². The first kappa shape index (κ1) is 15.1. The first-order chi connectivity index (χ1) is 12.3. The smallest absolute Gasteiger partial charge is 0.157 e. The van der Waals surface area contributed by atoms with E-state index in [9.17, 15) is 20.4 Å². The van der Waals surface area contributed by atoms with Crippen molar-refractivity contribution in [1.29, 1.82) is 0 Å². The molecular formula is C22H18O4. The van der Waals surface area contributed by atoms with Crippen LogP contribution in [0, 0.1) is 0 Å². The molecule has 130 valence electrons. The Balaban J connectivity index is 2.03. The fourth-order valence-electron chi connectivity index (χ4n) is 5.03. The molecule has 3 aliphatic carbocycles. The lowest BCUT2D eigenvalue weighted by atomic mass is 9.48. The van der Waals surface area contributed by atoms with Crippen molar-refractivity contribution in [2.24, 2.45) is 0 Å². The van der Waals surface area contributed by atoms with Gasteiger partial charge in [0.2, 0.25) is 0 Å². The Bertz CT molecular complexity index is 967. The van der Waals surface area contributed by atoms with E-state index >= 15 is 0 Å². The predicted octanol–water partition coefficient (Wildman–Crippen LogP) is 3.84. The summed E-state index contributed by atoms with van der Waals surface area (Å²) in [6.45, 7) is 4.10. The van der Waals surface area contributed by atoms with E-state index in [1.165, 1.54) is 0 Å². The van der Waals surface area contributed by atoms with Crippen molar-refractivity contribution < 1.29 is 20.4 Å². The van der Waals surface area contributed by atoms with Crippen molar-refractivity contribution in [3.05, 3.63) is 81.9 Å². The molecule has 6 rings (SSSR count). The monoisotopic (exact) mass is 346 g/mol. The summed E-state index contributed by atoms with van der Waals surface area (Å²) in [7, 11) is 0. The van der Waals surface area contributed by atoms with E-state index in [1.807, 2.05) is 12.1 Å². The summed E-state index contributed by atoms with van der Waals surface area (Å²) in [5.74, 6) is -0.655. The number of hydrogen-bond acceptors (Lipinski definition) is 4. The van der Waals surface area contributed by atoms with E-state index < -0.39 is 10.8 Å². The lowest BCUT2D eigenvalue weighted by Gasteiger charge is -2.54. The Labute approximate surface area is 150 Å². The highest BCUT2D eigenvalue weighted by Crippen LogP contribution is 2.63. The standard InChI is InChI=1S/C22H18O4/c1-21-11-5-3-4-6-12(11)22(2,15-9-19(25)17(23)7-13(15)21)16-10-20(26)18(24)8-14(16)21/h3-10,23-26H,1-2H3. The fraction of sp³-hybridized carbons (Fsp3) is 0.182. The van der Waals surface area contributed by atoms with E-state index in [0.717, 1.165) is 33.4 Å². The maximum Gasteiger partial charge on any atom is 0.157 e. The predicted molar refractivity (Wildman–Crippen MR) is 97.1 cm³/mol. The van der Waals surface area contributed by atoms with Gasteiger partial charge < -0.3 is 20.4 Å². The zero-order valence-corrected chi connectivity index (χ0v) is 14.4. The van der Waals surface area contributed by atoms with E-state index in [1.54, 1.807) is 24.3 Å². The second kappa shape index (κ2) is 4.33. The van der Waals surface area contributed by atoms with Gasteiger partial charge in [-0.3, -0.25) is 0 Å². The van der Waals surface area contributed by atoms with E-state index in [2.05, 4.69) is 26.0 Å². The van der Waals surface area contributed by atoms with Crippen LogP contribution < -0.4 is 0 Å². The molecule has 2 bridgehead atoms. The van der Waals surface area contributed by atoms with Crippen molar-refractivity contribution in [2.75, 3.05) is 0 Å². The average Bonchev–Trinajstić information content (AvgIpc) is 2.62. The number of aromatic hydroxyl groups is 4. The van der Waals surface area contributed by atoms with Crippen molar-refractivity contribution in [2.45, 2.75) is 24.7 Å². The largest absolute Gasteiger partial charge is 0.504 e.